The Hall–Kier alpha value is -1.29. The highest BCUT2D eigenvalue weighted by atomic mass is 32.2. The number of aldehydes is 1. The Labute approximate surface area is 105 Å². The lowest BCUT2D eigenvalue weighted by Gasteiger charge is -2.16. The molecule has 2 aliphatic heterocycles. The fourth-order valence-corrected chi connectivity index (χ4v) is 3.61. The SMILES string of the molecule is O=Cc1ccc(N=C2SC[C@@H]3CCCN23)cc1. The average Bonchev–Trinajstić information content (AvgIpc) is 2.95. The Morgan fingerprint density at radius 1 is 1.35 bits per heavy atom. The van der Waals surface area contributed by atoms with Crippen LogP contribution in [0.1, 0.15) is 23.2 Å². The second-order valence-corrected chi connectivity index (χ2v) is 5.39. The van der Waals surface area contributed by atoms with Crippen LogP contribution in [0.3, 0.4) is 0 Å². The maximum Gasteiger partial charge on any atom is 0.164 e. The largest absolute Gasteiger partial charge is 0.347 e. The summed E-state index contributed by atoms with van der Waals surface area (Å²) in [6.07, 6.45) is 3.45. The quantitative estimate of drug-likeness (QED) is 0.752. The van der Waals surface area contributed by atoms with Crippen molar-refractivity contribution in [2.24, 2.45) is 4.99 Å². The van der Waals surface area contributed by atoms with Crippen molar-refractivity contribution in [1.29, 1.82) is 0 Å². The van der Waals surface area contributed by atoms with Crippen LogP contribution >= 0.6 is 11.8 Å². The highest BCUT2D eigenvalue weighted by molar-refractivity contribution is 8.14. The number of carbonyl (C=O) groups excluding carboxylic acids is 1. The smallest absolute Gasteiger partial charge is 0.164 e. The third-order valence-electron chi connectivity index (χ3n) is 3.28. The van der Waals surface area contributed by atoms with E-state index in [-0.39, 0.29) is 0 Å². The van der Waals surface area contributed by atoms with E-state index in [1.165, 1.54) is 18.6 Å². The van der Waals surface area contributed by atoms with Crippen molar-refractivity contribution in [1.82, 2.24) is 4.90 Å². The molecule has 0 aromatic heterocycles. The van der Waals surface area contributed by atoms with Gasteiger partial charge in [0.05, 0.1) is 5.69 Å². The lowest BCUT2D eigenvalue weighted by molar-refractivity contribution is 0.112. The topological polar surface area (TPSA) is 32.7 Å². The van der Waals surface area contributed by atoms with Crippen molar-refractivity contribution < 1.29 is 4.79 Å². The molecule has 0 saturated carbocycles. The van der Waals surface area contributed by atoms with Gasteiger partial charge < -0.3 is 4.90 Å². The van der Waals surface area contributed by atoms with E-state index in [1.807, 2.05) is 36.0 Å². The lowest BCUT2D eigenvalue weighted by Crippen LogP contribution is -2.27. The molecular formula is C13H14N2OS. The molecule has 3 rings (SSSR count). The fraction of sp³-hybridized carbons (Fsp3) is 0.385. The van der Waals surface area contributed by atoms with E-state index < -0.39 is 0 Å². The Kier molecular flexibility index (Phi) is 2.89. The molecule has 2 saturated heterocycles. The molecule has 0 amide bonds. The first-order valence-corrected chi connectivity index (χ1v) is 6.89. The van der Waals surface area contributed by atoms with Crippen LogP contribution < -0.4 is 0 Å². The summed E-state index contributed by atoms with van der Waals surface area (Å²) in [4.78, 5) is 17.6. The molecule has 0 N–H and O–H groups in total. The lowest BCUT2D eigenvalue weighted by atomic mass is 10.2. The molecule has 88 valence electrons. The van der Waals surface area contributed by atoms with E-state index in [1.54, 1.807) is 0 Å². The van der Waals surface area contributed by atoms with Crippen LogP contribution in [0.4, 0.5) is 5.69 Å². The molecule has 1 atom stereocenters. The number of aliphatic imine (C=N–C) groups is 1. The molecule has 0 aliphatic carbocycles. The zero-order chi connectivity index (χ0) is 11.7. The van der Waals surface area contributed by atoms with E-state index in [9.17, 15) is 4.79 Å². The van der Waals surface area contributed by atoms with Crippen LogP contribution in [0, 0.1) is 0 Å². The van der Waals surface area contributed by atoms with E-state index in [4.69, 9.17) is 0 Å². The second kappa shape index (κ2) is 4.53. The summed E-state index contributed by atoms with van der Waals surface area (Å²) in [5, 5.41) is 1.14. The number of fused-ring (bicyclic) bond motifs is 1. The highest BCUT2D eigenvalue weighted by Crippen LogP contribution is 2.33. The van der Waals surface area contributed by atoms with E-state index in [0.29, 0.717) is 11.6 Å². The van der Waals surface area contributed by atoms with E-state index >= 15 is 0 Å². The summed E-state index contributed by atoms with van der Waals surface area (Å²) in [6, 6.07) is 8.13. The Morgan fingerprint density at radius 3 is 2.94 bits per heavy atom. The summed E-state index contributed by atoms with van der Waals surface area (Å²) in [6.45, 7) is 1.14. The van der Waals surface area contributed by atoms with Gasteiger partial charge in [-0.3, -0.25) is 4.79 Å². The van der Waals surface area contributed by atoms with Gasteiger partial charge in [-0.15, -0.1) is 0 Å². The van der Waals surface area contributed by atoms with Crippen molar-refractivity contribution in [2.45, 2.75) is 18.9 Å². The molecule has 2 fully saturated rings. The summed E-state index contributed by atoms with van der Waals surface area (Å²) in [7, 11) is 0. The van der Waals surface area contributed by atoms with Crippen LogP contribution in [0.2, 0.25) is 0 Å². The molecule has 0 bridgehead atoms. The van der Waals surface area contributed by atoms with Crippen molar-refractivity contribution >= 4 is 28.9 Å². The number of amidine groups is 1. The van der Waals surface area contributed by atoms with E-state index in [2.05, 4.69) is 9.89 Å². The fourth-order valence-electron chi connectivity index (χ4n) is 2.35. The minimum absolute atomic E-state index is 0.701. The Bertz CT molecular complexity index is 455. The standard InChI is InChI=1S/C13H14N2OS/c16-8-10-3-5-11(6-4-10)14-13-15-7-1-2-12(15)9-17-13/h3-6,8,12H,1-2,7,9H2/t12-/m0/s1. The summed E-state index contributed by atoms with van der Waals surface area (Å²) >= 11 is 1.85. The van der Waals surface area contributed by atoms with Crippen molar-refractivity contribution in [3.05, 3.63) is 29.8 Å². The molecule has 0 radical (unpaired) electrons. The molecule has 0 spiro atoms. The number of carbonyl (C=O) groups is 1. The van der Waals surface area contributed by atoms with Gasteiger partial charge >= 0.3 is 0 Å². The summed E-state index contributed by atoms with van der Waals surface area (Å²) in [5.74, 6) is 1.17. The van der Waals surface area contributed by atoms with Crippen LogP contribution in [-0.2, 0) is 0 Å². The monoisotopic (exact) mass is 246 g/mol. The Morgan fingerprint density at radius 2 is 2.18 bits per heavy atom. The van der Waals surface area contributed by atoms with Gasteiger partial charge in [-0.25, -0.2) is 4.99 Å². The van der Waals surface area contributed by atoms with Crippen LogP contribution in [-0.4, -0.2) is 34.7 Å². The maximum atomic E-state index is 10.6. The molecule has 3 nitrogen and oxygen atoms in total. The zero-order valence-corrected chi connectivity index (χ0v) is 10.3. The van der Waals surface area contributed by atoms with Gasteiger partial charge in [0.25, 0.3) is 0 Å². The summed E-state index contributed by atoms with van der Waals surface area (Å²) < 4.78 is 0. The summed E-state index contributed by atoms with van der Waals surface area (Å²) in [5.41, 5.74) is 1.64. The van der Waals surface area contributed by atoms with Crippen molar-refractivity contribution in [2.75, 3.05) is 12.3 Å². The first-order valence-electron chi connectivity index (χ1n) is 5.90. The Balaban J connectivity index is 1.82. The molecule has 2 heterocycles. The molecule has 1 aromatic carbocycles. The van der Waals surface area contributed by atoms with Crippen LogP contribution in [0.25, 0.3) is 0 Å². The number of hydrogen-bond donors (Lipinski definition) is 0. The van der Waals surface area contributed by atoms with Gasteiger partial charge in [-0.2, -0.15) is 0 Å². The molecule has 17 heavy (non-hydrogen) atoms. The second-order valence-electron chi connectivity index (χ2n) is 4.40. The minimum Gasteiger partial charge on any atom is -0.347 e. The highest BCUT2D eigenvalue weighted by Gasteiger charge is 2.33. The third kappa shape index (κ3) is 2.09. The maximum absolute atomic E-state index is 10.6. The molecule has 1 aromatic rings. The average molecular weight is 246 g/mol. The van der Waals surface area contributed by atoms with Crippen molar-refractivity contribution in [3.63, 3.8) is 0 Å². The van der Waals surface area contributed by atoms with E-state index in [0.717, 1.165) is 23.7 Å². The van der Waals surface area contributed by atoms with Gasteiger partial charge in [-0.05, 0) is 37.1 Å². The first-order chi connectivity index (χ1) is 8.36. The number of rotatable bonds is 2. The minimum atomic E-state index is 0.701. The first kappa shape index (κ1) is 10.8. The number of benzene rings is 1. The predicted molar refractivity (Wildman–Crippen MR) is 71.1 cm³/mol. The van der Waals surface area contributed by atoms with Gasteiger partial charge in [-0.1, -0.05) is 11.8 Å². The van der Waals surface area contributed by atoms with Gasteiger partial charge in [0, 0.05) is 23.9 Å². The van der Waals surface area contributed by atoms with Crippen LogP contribution in [0.5, 0.6) is 0 Å². The number of hydrogen-bond acceptors (Lipinski definition) is 3. The number of nitrogens with zero attached hydrogens (tertiary/aromatic N) is 2. The number of thioether (sulfide) groups is 1. The van der Waals surface area contributed by atoms with Crippen LogP contribution in [0.15, 0.2) is 29.3 Å². The molecule has 4 heteroatoms. The van der Waals surface area contributed by atoms with Gasteiger partial charge in [0.1, 0.15) is 6.29 Å². The third-order valence-corrected chi connectivity index (χ3v) is 4.42. The van der Waals surface area contributed by atoms with Gasteiger partial charge in [0.2, 0.25) is 0 Å². The molecule has 0 unspecified atom stereocenters. The predicted octanol–water partition coefficient (Wildman–Crippen LogP) is 2.70. The molecular weight excluding hydrogens is 232 g/mol. The normalized spacial score (nSPS) is 25.3. The van der Waals surface area contributed by atoms with Crippen molar-refractivity contribution in [3.8, 4) is 0 Å². The van der Waals surface area contributed by atoms with Gasteiger partial charge in [0.15, 0.2) is 5.17 Å². The molecule has 2 aliphatic rings. The zero-order valence-electron chi connectivity index (χ0n) is 9.50.